The zero-order valence-corrected chi connectivity index (χ0v) is 21.7. The molecular weight excluding hydrogens is 522 g/mol. The highest BCUT2D eigenvalue weighted by molar-refractivity contribution is 6.03. The summed E-state index contributed by atoms with van der Waals surface area (Å²) >= 11 is 0. The number of hydrogen-bond donors (Lipinski definition) is 3. The van der Waals surface area contributed by atoms with Crippen LogP contribution in [0.2, 0.25) is 0 Å². The van der Waals surface area contributed by atoms with E-state index < -0.39 is 42.5 Å². The molecule has 1 aliphatic rings. The Morgan fingerprint density at radius 3 is 2.55 bits per heavy atom. The van der Waals surface area contributed by atoms with Gasteiger partial charge in [0.25, 0.3) is 5.91 Å². The molecule has 3 aromatic rings. The highest BCUT2D eigenvalue weighted by Gasteiger charge is 2.42. The third-order valence-corrected chi connectivity index (χ3v) is 6.12. The van der Waals surface area contributed by atoms with E-state index >= 15 is 0 Å². The topological polar surface area (TPSA) is 166 Å². The smallest absolute Gasteiger partial charge is 0.408 e. The van der Waals surface area contributed by atoms with Gasteiger partial charge in [-0.3, -0.25) is 9.59 Å². The van der Waals surface area contributed by atoms with Crippen LogP contribution in [0.25, 0.3) is 11.0 Å². The minimum absolute atomic E-state index is 0.0978. The predicted octanol–water partition coefficient (Wildman–Crippen LogP) is 1.38. The number of amides is 5. The van der Waals surface area contributed by atoms with Crippen LogP contribution in [0.15, 0.2) is 60.9 Å². The maximum atomic E-state index is 13.0. The number of nitrogens with one attached hydrogen (secondary N) is 2. The second-order valence-electron chi connectivity index (χ2n) is 8.97. The summed E-state index contributed by atoms with van der Waals surface area (Å²) in [6, 6.07) is 13.9. The number of imidazole rings is 1. The fourth-order valence-corrected chi connectivity index (χ4v) is 4.12. The molecule has 2 heterocycles. The summed E-state index contributed by atoms with van der Waals surface area (Å²) in [7, 11) is 0. The van der Waals surface area contributed by atoms with Crippen molar-refractivity contribution in [3.63, 3.8) is 0 Å². The number of imide groups is 1. The molecule has 0 radical (unpaired) electrons. The number of aromatic nitrogens is 2. The summed E-state index contributed by atoms with van der Waals surface area (Å²) < 4.78 is 6.82. The molecule has 1 saturated heterocycles. The first kappa shape index (κ1) is 27.9. The largest absolute Gasteiger partial charge is 0.480 e. The maximum absolute atomic E-state index is 13.0. The third-order valence-electron chi connectivity index (χ3n) is 6.12. The van der Waals surface area contributed by atoms with Gasteiger partial charge in [0, 0.05) is 20.0 Å². The van der Waals surface area contributed by atoms with Crippen LogP contribution in [-0.4, -0.2) is 91.8 Å². The summed E-state index contributed by atoms with van der Waals surface area (Å²) in [4.78, 5) is 67.8. The van der Waals surface area contributed by atoms with Gasteiger partial charge in [-0.05, 0) is 24.1 Å². The van der Waals surface area contributed by atoms with Crippen molar-refractivity contribution in [1.29, 1.82) is 0 Å². The number of carbonyl (C=O) groups excluding carboxylic acids is 4. The van der Waals surface area contributed by atoms with E-state index in [0.29, 0.717) is 23.5 Å². The van der Waals surface area contributed by atoms with Gasteiger partial charge >= 0.3 is 18.1 Å². The molecule has 210 valence electrons. The highest BCUT2D eigenvalue weighted by atomic mass is 16.5. The molecule has 40 heavy (non-hydrogen) atoms. The van der Waals surface area contributed by atoms with Crippen molar-refractivity contribution in [2.75, 3.05) is 31.6 Å². The second-order valence-corrected chi connectivity index (χ2v) is 8.97. The third kappa shape index (κ3) is 6.64. The molecule has 1 fully saturated rings. The molecule has 5 amide bonds. The van der Waals surface area contributed by atoms with Gasteiger partial charge < -0.3 is 25.5 Å². The number of rotatable bonds is 12. The van der Waals surface area contributed by atoms with Crippen LogP contribution in [-0.2, 0) is 25.7 Å². The minimum atomic E-state index is -1.64. The average Bonchev–Trinajstić information content (AvgIpc) is 3.47. The number of carboxylic acid groups (broad SMARTS) is 1. The quantitative estimate of drug-likeness (QED) is 0.223. The average molecular weight is 552 g/mol. The van der Waals surface area contributed by atoms with E-state index in [9.17, 15) is 29.1 Å². The molecule has 14 nitrogen and oxygen atoms in total. The van der Waals surface area contributed by atoms with Crippen molar-refractivity contribution in [1.82, 2.24) is 29.9 Å². The Morgan fingerprint density at radius 1 is 1.10 bits per heavy atom. The SMILES string of the molecule is CC(=O)N(CC(NC(=O)OCc1ccccc1)C(=O)O)N1C(=O)CN(CCCNn2cnc3ccccc32)C1=O. The summed E-state index contributed by atoms with van der Waals surface area (Å²) in [5.41, 5.74) is 5.59. The van der Waals surface area contributed by atoms with Gasteiger partial charge in [-0.2, -0.15) is 5.01 Å². The van der Waals surface area contributed by atoms with E-state index in [1.807, 2.05) is 24.3 Å². The van der Waals surface area contributed by atoms with Crippen LogP contribution in [0, 0.1) is 0 Å². The molecule has 0 aliphatic carbocycles. The van der Waals surface area contributed by atoms with E-state index in [1.54, 1.807) is 41.3 Å². The number of nitrogens with zero attached hydrogens (tertiary/aromatic N) is 5. The lowest BCUT2D eigenvalue weighted by molar-refractivity contribution is -0.155. The lowest BCUT2D eigenvalue weighted by Gasteiger charge is -2.31. The van der Waals surface area contributed by atoms with Crippen LogP contribution in [0.4, 0.5) is 9.59 Å². The van der Waals surface area contributed by atoms with Crippen molar-refractivity contribution in [3.8, 4) is 0 Å². The number of aliphatic carboxylic acids is 1. The summed E-state index contributed by atoms with van der Waals surface area (Å²) in [6.07, 6.45) is 1.09. The number of benzene rings is 2. The normalized spacial score (nSPS) is 13.8. The standard InChI is InChI=1S/C26H29N7O7/c1-18(34)32(14-21(24(36)37)29-25(38)40-16-19-8-3-2-4-9-19)33-23(35)15-30(26(33)39)13-7-12-28-31-17-27-20-10-5-6-11-22(20)31/h2-6,8-11,17,21,28H,7,12-16H2,1H3,(H,29,38)(H,36,37). The van der Waals surface area contributed by atoms with Crippen LogP contribution in [0.1, 0.15) is 18.9 Å². The van der Waals surface area contributed by atoms with E-state index in [1.165, 1.54) is 4.90 Å². The van der Waals surface area contributed by atoms with Gasteiger partial charge in [0.15, 0.2) is 0 Å². The van der Waals surface area contributed by atoms with Gasteiger partial charge in [0.2, 0.25) is 5.91 Å². The number of hydrogen-bond acceptors (Lipinski definition) is 8. The minimum Gasteiger partial charge on any atom is -0.480 e. The Balaban J connectivity index is 1.32. The fourth-order valence-electron chi connectivity index (χ4n) is 4.12. The summed E-state index contributed by atoms with van der Waals surface area (Å²) in [5.74, 6) is -2.91. The number of alkyl carbamates (subject to hydrolysis) is 1. The first-order valence-corrected chi connectivity index (χ1v) is 12.5. The summed E-state index contributed by atoms with van der Waals surface area (Å²) in [6.45, 7) is 0.727. The van der Waals surface area contributed by atoms with E-state index in [0.717, 1.165) is 23.0 Å². The van der Waals surface area contributed by atoms with Gasteiger partial charge in [0.1, 0.15) is 25.5 Å². The van der Waals surface area contributed by atoms with Gasteiger partial charge in [0.05, 0.1) is 17.6 Å². The number of carbonyl (C=O) groups is 5. The Kier molecular flexibility index (Phi) is 8.79. The van der Waals surface area contributed by atoms with E-state index in [2.05, 4.69) is 15.7 Å². The Hall–Kier alpha value is -5.14. The Labute approximate surface area is 229 Å². The molecule has 4 rings (SSSR count). The van der Waals surface area contributed by atoms with Gasteiger partial charge in [-0.15, -0.1) is 0 Å². The zero-order chi connectivity index (χ0) is 28.6. The van der Waals surface area contributed by atoms with Crippen LogP contribution < -0.4 is 10.7 Å². The second kappa shape index (κ2) is 12.6. The molecule has 1 atom stereocenters. The number of hydrazine groups is 1. The van der Waals surface area contributed by atoms with Gasteiger partial charge in [-0.1, -0.05) is 42.5 Å². The number of para-hydroxylation sites is 2. The predicted molar refractivity (Wildman–Crippen MR) is 141 cm³/mol. The zero-order valence-electron chi connectivity index (χ0n) is 21.7. The van der Waals surface area contributed by atoms with Crippen molar-refractivity contribution in [2.24, 2.45) is 0 Å². The van der Waals surface area contributed by atoms with Crippen molar-refractivity contribution in [3.05, 3.63) is 66.5 Å². The molecule has 1 aliphatic heterocycles. The summed E-state index contributed by atoms with van der Waals surface area (Å²) in [5, 5.41) is 13.1. The van der Waals surface area contributed by atoms with E-state index in [-0.39, 0.29) is 19.7 Å². The molecule has 14 heteroatoms. The monoisotopic (exact) mass is 551 g/mol. The molecular formula is C26H29N7O7. The van der Waals surface area contributed by atoms with Crippen LogP contribution in [0.3, 0.4) is 0 Å². The van der Waals surface area contributed by atoms with Crippen molar-refractivity contribution < 1.29 is 33.8 Å². The molecule has 2 aromatic carbocycles. The Morgan fingerprint density at radius 2 is 1.82 bits per heavy atom. The molecule has 3 N–H and O–H groups in total. The van der Waals surface area contributed by atoms with Crippen molar-refractivity contribution in [2.45, 2.75) is 26.0 Å². The lowest BCUT2D eigenvalue weighted by atomic mass is 10.2. The van der Waals surface area contributed by atoms with Crippen molar-refractivity contribution >= 4 is 40.9 Å². The van der Waals surface area contributed by atoms with Crippen LogP contribution >= 0.6 is 0 Å². The molecule has 0 spiro atoms. The lowest BCUT2D eigenvalue weighted by Crippen LogP contribution is -2.57. The highest BCUT2D eigenvalue weighted by Crippen LogP contribution is 2.16. The molecule has 1 aromatic heterocycles. The maximum Gasteiger partial charge on any atom is 0.408 e. The number of carboxylic acids is 1. The first-order chi connectivity index (χ1) is 19.2. The fraction of sp³-hybridized carbons (Fsp3) is 0.308. The van der Waals surface area contributed by atoms with Gasteiger partial charge in [-0.25, -0.2) is 29.1 Å². The number of ether oxygens (including phenoxy) is 1. The molecule has 1 unspecified atom stereocenters. The number of fused-ring (bicyclic) bond motifs is 1. The molecule has 0 bridgehead atoms. The Bertz CT molecular complexity index is 1390. The molecule has 0 saturated carbocycles. The number of urea groups is 1. The van der Waals surface area contributed by atoms with E-state index in [4.69, 9.17) is 4.74 Å². The van der Waals surface area contributed by atoms with Crippen LogP contribution in [0.5, 0.6) is 0 Å². The first-order valence-electron chi connectivity index (χ1n) is 12.5.